The maximum atomic E-state index is 12.4. The number of aryl methyl sites for hydroxylation is 2. The Labute approximate surface area is 142 Å². The van der Waals surface area contributed by atoms with Gasteiger partial charge in [-0.2, -0.15) is 0 Å². The molecule has 2 aromatic rings. The van der Waals surface area contributed by atoms with Gasteiger partial charge in [0, 0.05) is 13.5 Å². The van der Waals surface area contributed by atoms with Crippen LogP contribution in [0.2, 0.25) is 0 Å². The van der Waals surface area contributed by atoms with Crippen molar-refractivity contribution in [2.24, 2.45) is 0 Å². The highest BCUT2D eigenvalue weighted by Gasteiger charge is 2.11. The van der Waals surface area contributed by atoms with Crippen molar-refractivity contribution in [1.82, 2.24) is 10.6 Å². The number of rotatable bonds is 5. The van der Waals surface area contributed by atoms with E-state index in [1.807, 2.05) is 62.4 Å². The molecule has 2 rings (SSSR count). The minimum absolute atomic E-state index is 0.240. The molecule has 0 saturated heterocycles. The van der Waals surface area contributed by atoms with E-state index in [1.165, 1.54) is 12.5 Å². The fourth-order valence-electron chi connectivity index (χ4n) is 2.24. The van der Waals surface area contributed by atoms with Gasteiger partial charge in [0.25, 0.3) is 5.91 Å². The zero-order valence-electron chi connectivity index (χ0n) is 14.2. The second-order valence-electron chi connectivity index (χ2n) is 5.76. The van der Waals surface area contributed by atoms with E-state index in [0.717, 1.165) is 16.7 Å². The molecule has 0 spiro atoms. The summed E-state index contributed by atoms with van der Waals surface area (Å²) in [6.45, 7) is 5.77. The zero-order chi connectivity index (χ0) is 17.5. The average Bonchev–Trinajstić information content (AvgIpc) is 2.55. The molecule has 0 atom stereocenters. The summed E-state index contributed by atoms with van der Waals surface area (Å²) in [5.41, 5.74) is 4.35. The first-order chi connectivity index (χ1) is 11.5. The van der Waals surface area contributed by atoms with Crippen molar-refractivity contribution < 1.29 is 9.59 Å². The van der Waals surface area contributed by atoms with Crippen molar-refractivity contribution in [1.29, 1.82) is 0 Å². The topological polar surface area (TPSA) is 58.2 Å². The molecule has 0 aliphatic carbocycles. The standard InChI is InChI=1S/C20H22N2O2/c1-14-8-10-17(11-9-14)13-21-20(24)19(22-16(3)23)12-18-7-5-4-6-15(18)2/h4-12H,13H2,1-3H3,(H,21,24)(H,22,23)/b19-12-. The molecule has 0 bridgehead atoms. The Hall–Kier alpha value is -2.88. The molecule has 2 amide bonds. The van der Waals surface area contributed by atoms with Gasteiger partial charge in [-0.3, -0.25) is 9.59 Å². The van der Waals surface area contributed by atoms with Crippen molar-refractivity contribution >= 4 is 17.9 Å². The molecule has 24 heavy (non-hydrogen) atoms. The third kappa shape index (κ3) is 5.09. The number of amides is 2. The molecule has 0 saturated carbocycles. The summed E-state index contributed by atoms with van der Waals surface area (Å²) in [6.07, 6.45) is 1.70. The normalized spacial score (nSPS) is 11.0. The van der Waals surface area contributed by atoms with Gasteiger partial charge in [0.05, 0.1) is 0 Å². The smallest absolute Gasteiger partial charge is 0.268 e. The van der Waals surface area contributed by atoms with Crippen LogP contribution in [0.15, 0.2) is 54.2 Å². The van der Waals surface area contributed by atoms with Crippen LogP contribution < -0.4 is 10.6 Å². The third-order valence-corrected chi connectivity index (χ3v) is 3.62. The number of benzene rings is 2. The molecule has 124 valence electrons. The molecule has 0 aliphatic heterocycles. The summed E-state index contributed by atoms with van der Waals surface area (Å²) in [6, 6.07) is 15.6. The highest BCUT2D eigenvalue weighted by atomic mass is 16.2. The van der Waals surface area contributed by atoms with Gasteiger partial charge in [-0.15, -0.1) is 0 Å². The highest BCUT2D eigenvalue weighted by Crippen LogP contribution is 2.11. The Morgan fingerprint density at radius 3 is 2.29 bits per heavy atom. The number of carbonyl (C=O) groups is 2. The van der Waals surface area contributed by atoms with Crippen molar-refractivity contribution in [3.05, 3.63) is 76.5 Å². The molecular formula is C20H22N2O2. The molecule has 2 N–H and O–H groups in total. The number of carbonyl (C=O) groups excluding carboxylic acids is 2. The molecule has 4 heteroatoms. The lowest BCUT2D eigenvalue weighted by Crippen LogP contribution is -2.33. The Bertz CT molecular complexity index is 761. The molecular weight excluding hydrogens is 300 g/mol. The third-order valence-electron chi connectivity index (χ3n) is 3.62. The van der Waals surface area contributed by atoms with Crippen LogP contribution in [0.3, 0.4) is 0 Å². The Kier molecular flexibility index (Phi) is 5.90. The molecule has 0 heterocycles. The first kappa shape index (κ1) is 17.5. The van der Waals surface area contributed by atoms with E-state index in [9.17, 15) is 9.59 Å². The lowest BCUT2D eigenvalue weighted by molar-refractivity contribution is -0.122. The molecule has 0 unspecified atom stereocenters. The Morgan fingerprint density at radius 1 is 1.00 bits per heavy atom. The monoisotopic (exact) mass is 322 g/mol. The van der Waals surface area contributed by atoms with E-state index in [0.29, 0.717) is 6.54 Å². The Morgan fingerprint density at radius 2 is 1.67 bits per heavy atom. The van der Waals surface area contributed by atoms with Gasteiger partial charge >= 0.3 is 0 Å². The van der Waals surface area contributed by atoms with Crippen molar-refractivity contribution in [2.75, 3.05) is 0 Å². The van der Waals surface area contributed by atoms with E-state index in [1.54, 1.807) is 6.08 Å². The van der Waals surface area contributed by atoms with Crippen LogP contribution in [0.25, 0.3) is 6.08 Å². The number of hydrogen-bond acceptors (Lipinski definition) is 2. The summed E-state index contributed by atoms with van der Waals surface area (Å²) < 4.78 is 0. The van der Waals surface area contributed by atoms with E-state index in [2.05, 4.69) is 10.6 Å². The molecule has 0 fully saturated rings. The molecule has 2 aromatic carbocycles. The second-order valence-corrected chi connectivity index (χ2v) is 5.76. The molecule has 4 nitrogen and oxygen atoms in total. The van der Waals surface area contributed by atoms with Gasteiger partial charge in [0.1, 0.15) is 5.70 Å². The van der Waals surface area contributed by atoms with Gasteiger partial charge in [-0.05, 0) is 36.6 Å². The summed E-state index contributed by atoms with van der Waals surface area (Å²) in [7, 11) is 0. The fourth-order valence-corrected chi connectivity index (χ4v) is 2.24. The van der Waals surface area contributed by atoms with Crippen LogP contribution in [0.5, 0.6) is 0 Å². The quantitative estimate of drug-likeness (QED) is 0.831. The van der Waals surface area contributed by atoms with E-state index >= 15 is 0 Å². The molecule has 0 radical (unpaired) electrons. The maximum Gasteiger partial charge on any atom is 0.268 e. The predicted molar refractivity (Wildman–Crippen MR) is 96.0 cm³/mol. The van der Waals surface area contributed by atoms with Gasteiger partial charge in [-0.25, -0.2) is 0 Å². The van der Waals surface area contributed by atoms with Gasteiger partial charge < -0.3 is 10.6 Å². The van der Waals surface area contributed by atoms with E-state index in [-0.39, 0.29) is 17.5 Å². The van der Waals surface area contributed by atoms with Crippen LogP contribution in [-0.2, 0) is 16.1 Å². The van der Waals surface area contributed by atoms with Crippen molar-refractivity contribution in [2.45, 2.75) is 27.3 Å². The van der Waals surface area contributed by atoms with Crippen LogP contribution in [-0.4, -0.2) is 11.8 Å². The predicted octanol–water partition coefficient (Wildman–Crippen LogP) is 3.10. The number of nitrogens with one attached hydrogen (secondary N) is 2. The summed E-state index contributed by atoms with van der Waals surface area (Å²) >= 11 is 0. The lowest BCUT2D eigenvalue weighted by Gasteiger charge is -2.11. The summed E-state index contributed by atoms with van der Waals surface area (Å²) in [5.74, 6) is -0.589. The van der Waals surface area contributed by atoms with Gasteiger partial charge in [-0.1, -0.05) is 54.1 Å². The van der Waals surface area contributed by atoms with Crippen molar-refractivity contribution in [3.8, 4) is 0 Å². The first-order valence-electron chi connectivity index (χ1n) is 7.84. The van der Waals surface area contributed by atoms with E-state index < -0.39 is 0 Å². The van der Waals surface area contributed by atoms with Crippen LogP contribution in [0.4, 0.5) is 0 Å². The second kappa shape index (κ2) is 8.11. The zero-order valence-corrected chi connectivity index (χ0v) is 14.2. The van der Waals surface area contributed by atoms with Crippen LogP contribution >= 0.6 is 0 Å². The largest absolute Gasteiger partial charge is 0.347 e. The van der Waals surface area contributed by atoms with Crippen LogP contribution in [0, 0.1) is 13.8 Å². The summed E-state index contributed by atoms with van der Waals surface area (Å²) in [5, 5.41) is 5.45. The maximum absolute atomic E-state index is 12.4. The number of hydrogen-bond donors (Lipinski definition) is 2. The summed E-state index contributed by atoms with van der Waals surface area (Å²) in [4.78, 5) is 23.9. The average molecular weight is 322 g/mol. The van der Waals surface area contributed by atoms with E-state index in [4.69, 9.17) is 0 Å². The first-order valence-corrected chi connectivity index (χ1v) is 7.84. The fraction of sp³-hybridized carbons (Fsp3) is 0.200. The van der Waals surface area contributed by atoms with Gasteiger partial charge in [0.2, 0.25) is 5.91 Å². The highest BCUT2D eigenvalue weighted by molar-refractivity contribution is 6.01. The van der Waals surface area contributed by atoms with Crippen molar-refractivity contribution in [3.63, 3.8) is 0 Å². The van der Waals surface area contributed by atoms with Gasteiger partial charge in [0.15, 0.2) is 0 Å². The SMILES string of the molecule is CC(=O)N/C(=C\c1ccccc1C)C(=O)NCc1ccc(C)cc1. The minimum Gasteiger partial charge on any atom is -0.347 e. The van der Waals surface area contributed by atoms with Crippen LogP contribution in [0.1, 0.15) is 29.2 Å². The minimum atomic E-state index is -0.311. The molecule has 0 aliphatic rings. The Balaban J connectivity index is 2.14. The lowest BCUT2D eigenvalue weighted by atomic mass is 10.1. The molecule has 0 aromatic heterocycles.